The third-order valence-corrected chi connectivity index (χ3v) is 8.07. The molecule has 2 aliphatic heterocycles. The van der Waals surface area contributed by atoms with Crippen LogP contribution in [0.5, 0.6) is 5.75 Å². The number of carbonyl (C=O) groups excluding carboxylic acids is 2. The van der Waals surface area contributed by atoms with Crippen LogP contribution < -0.4 is 9.64 Å². The van der Waals surface area contributed by atoms with Crippen LogP contribution in [0.4, 0.5) is 5.69 Å². The zero-order chi connectivity index (χ0) is 26.1. The molecule has 2 amide bonds. The van der Waals surface area contributed by atoms with Gasteiger partial charge in [-0.05, 0) is 54.7 Å². The second kappa shape index (κ2) is 9.82. The van der Waals surface area contributed by atoms with Crippen molar-refractivity contribution in [1.82, 2.24) is 15.1 Å². The van der Waals surface area contributed by atoms with Crippen molar-refractivity contribution in [3.05, 3.63) is 90.8 Å². The van der Waals surface area contributed by atoms with Crippen LogP contribution in [-0.2, 0) is 4.79 Å². The predicted octanol–water partition coefficient (Wildman–Crippen LogP) is 5.41. The van der Waals surface area contributed by atoms with Crippen molar-refractivity contribution in [3.63, 3.8) is 0 Å². The molecule has 3 aromatic carbocycles. The van der Waals surface area contributed by atoms with Crippen molar-refractivity contribution in [2.24, 2.45) is 5.41 Å². The maximum absolute atomic E-state index is 13.7. The van der Waals surface area contributed by atoms with Gasteiger partial charge in [0.15, 0.2) is 0 Å². The van der Waals surface area contributed by atoms with E-state index < -0.39 is 5.41 Å². The molecule has 1 N–H and O–H groups in total. The number of likely N-dealkylation sites (tertiary alicyclic amines) is 1. The zero-order valence-corrected chi connectivity index (χ0v) is 21.4. The van der Waals surface area contributed by atoms with Gasteiger partial charge in [0.2, 0.25) is 5.91 Å². The number of benzene rings is 3. The molecular weight excluding hydrogens is 476 g/mol. The fourth-order valence-corrected chi connectivity index (χ4v) is 5.77. The molecule has 7 heteroatoms. The summed E-state index contributed by atoms with van der Waals surface area (Å²) in [5, 5.41) is 6.85. The minimum Gasteiger partial charge on any atom is -0.496 e. The van der Waals surface area contributed by atoms with Crippen molar-refractivity contribution >= 4 is 17.5 Å². The summed E-state index contributed by atoms with van der Waals surface area (Å²) >= 11 is 0. The van der Waals surface area contributed by atoms with Gasteiger partial charge in [0.1, 0.15) is 5.75 Å². The van der Waals surface area contributed by atoms with E-state index in [0.717, 1.165) is 34.4 Å². The number of rotatable bonds is 5. The number of methoxy groups -OCH3 is 1. The van der Waals surface area contributed by atoms with Gasteiger partial charge in [0.05, 0.1) is 18.7 Å². The zero-order valence-electron chi connectivity index (χ0n) is 21.4. The van der Waals surface area contributed by atoms with E-state index in [1.807, 2.05) is 76.7 Å². The van der Waals surface area contributed by atoms with E-state index in [9.17, 15) is 9.59 Å². The summed E-state index contributed by atoms with van der Waals surface area (Å²) in [6, 6.07) is 23.8. The first-order valence-electron chi connectivity index (χ1n) is 13.0. The first kappa shape index (κ1) is 24.0. The number of hydrogen-bond donors (Lipinski definition) is 1. The molecule has 2 saturated heterocycles. The topological polar surface area (TPSA) is 78.5 Å². The molecule has 2 aliphatic rings. The van der Waals surface area contributed by atoms with Crippen LogP contribution in [0, 0.1) is 5.41 Å². The summed E-state index contributed by atoms with van der Waals surface area (Å²) in [6.07, 6.45) is 5.73. The van der Waals surface area contributed by atoms with Gasteiger partial charge in [-0.2, -0.15) is 5.10 Å². The number of ether oxygens (including phenoxy) is 1. The second-order valence-electron chi connectivity index (χ2n) is 10.1. The summed E-state index contributed by atoms with van der Waals surface area (Å²) in [7, 11) is 1.64. The second-order valence-corrected chi connectivity index (χ2v) is 10.1. The Kier molecular flexibility index (Phi) is 6.19. The van der Waals surface area contributed by atoms with Crippen LogP contribution in [-0.4, -0.2) is 53.7 Å². The molecule has 38 heavy (non-hydrogen) atoms. The number of aromatic nitrogens is 2. The van der Waals surface area contributed by atoms with Crippen molar-refractivity contribution in [2.45, 2.75) is 19.3 Å². The average Bonchev–Trinajstić information content (AvgIpc) is 3.62. The molecule has 7 nitrogen and oxygen atoms in total. The summed E-state index contributed by atoms with van der Waals surface area (Å²) in [5.41, 5.74) is 5.19. The standard InChI is InChI=1S/C31H30N4O3/c1-38-28-19-26(11-12-27(28)25-20-32-33-21-25)35-18-15-31(30(35)37)13-16-34(17-14-31)29(36)24-9-7-23(8-10-24)22-5-3-2-4-6-22/h2-12,19-21H,13-18H2,1H3,(H,32,33). The largest absolute Gasteiger partial charge is 0.496 e. The van der Waals surface area contributed by atoms with Crippen LogP contribution in [0.2, 0.25) is 0 Å². The molecule has 2 fully saturated rings. The van der Waals surface area contributed by atoms with Gasteiger partial charge in [-0.3, -0.25) is 14.7 Å². The fraction of sp³-hybridized carbons (Fsp3) is 0.258. The average molecular weight is 507 g/mol. The van der Waals surface area contributed by atoms with Crippen LogP contribution in [0.25, 0.3) is 22.3 Å². The van der Waals surface area contributed by atoms with Gasteiger partial charge in [-0.15, -0.1) is 0 Å². The highest BCUT2D eigenvalue weighted by Crippen LogP contribution is 2.44. The van der Waals surface area contributed by atoms with E-state index in [2.05, 4.69) is 22.3 Å². The highest BCUT2D eigenvalue weighted by Gasteiger charge is 2.49. The molecule has 3 heterocycles. The van der Waals surface area contributed by atoms with Gasteiger partial charge < -0.3 is 14.5 Å². The van der Waals surface area contributed by atoms with Gasteiger partial charge >= 0.3 is 0 Å². The lowest BCUT2D eigenvalue weighted by Crippen LogP contribution is -2.46. The molecule has 1 spiro atoms. The van der Waals surface area contributed by atoms with E-state index in [1.165, 1.54) is 0 Å². The Hall–Kier alpha value is -4.39. The van der Waals surface area contributed by atoms with Crippen molar-refractivity contribution in [2.75, 3.05) is 31.6 Å². The lowest BCUT2D eigenvalue weighted by Gasteiger charge is -2.38. The lowest BCUT2D eigenvalue weighted by atomic mass is 9.77. The summed E-state index contributed by atoms with van der Waals surface area (Å²) in [4.78, 5) is 30.7. The summed E-state index contributed by atoms with van der Waals surface area (Å²) in [5.74, 6) is 0.882. The number of piperidine rings is 1. The Morgan fingerprint density at radius 1 is 0.895 bits per heavy atom. The monoisotopic (exact) mass is 506 g/mol. The van der Waals surface area contributed by atoms with E-state index in [0.29, 0.717) is 43.8 Å². The van der Waals surface area contributed by atoms with Gasteiger partial charge in [0.25, 0.3) is 5.91 Å². The third kappa shape index (κ3) is 4.24. The first-order chi connectivity index (χ1) is 18.6. The molecule has 192 valence electrons. The van der Waals surface area contributed by atoms with E-state index in [-0.39, 0.29) is 11.8 Å². The Bertz CT molecular complexity index is 1440. The SMILES string of the molecule is COc1cc(N2CCC3(CCN(C(=O)c4ccc(-c5ccccc5)cc4)CC3)C2=O)ccc1-c1cn[nH]c1. The van der Waals surface area contributed by atoms with Crippen molar-refractivity contribution < 1.29 is 14.3 Å². The number of H-pyrrole nitrogens is 1. The highest BCUT2D eigenvalue weighted by atomic mass is 16.5. The quantitative estimate of drug-likeness (QED) is 0.393. The Morgan fingerprint density at radius 2 is 1.61 bits per heavy atom. The smallest absolute Gasteiger partial charge is 0.253 e. The van der Waals surface area contributed by atoms with E-state index in [4.69, 9.17) is 4.74 Å². The van der Waals surface area contributed by atoms with Crippen LogP contribution in [0.1, 0.15) is 29.6 Å². The summed E-state index contributed by atoms with van der Waals surface area (Å²) < 4.78 is 5.63. The van der Waals surface area contributed by atoms with Gasteiger partial charge in [-0.1, -0.05) is 42.5 Å². The number of nitrogens with zero attached hydrogens (tertiary/aromatic N) is 3. The molecule has 0 saturated carbocycles. The molecule has 0 atom stereocenters. The maximum atomic E-state index is 13.7. The first-order valence-corrected chi connectivity index (χ1v) is 13.0. The van der Waals surface area contributed by atoms with Gasteiger partial charge in [0, 0.05) is 54.3 Å². The molecule has 0 radical (unpaired) electrons. The molecule has 0 bridgehead atoms. The minimum atomic E-state index is -0.412. The number of carbonyl (C=O) groups is 2. The minimum absolute atomic E-state index is 0.0290. The van der Waals surface area contributed by atoms with E-state index >= 15 is 0 Å². The normalized spacial score (nSPS) is 16.7. The molecule has 4 aromatic rings. The van der Waals surface area contributed by atoms with E-state index in [1.54, 1.807) is 13.3 Å². The Labute approximate surface area is 222 Å². The lowest BCUT2D eigenvalue weighted by molar-refractivity contribution is -0.127. The van der Waals surface area contributed by atoms with Crippen molar-refractivity contribution in [3.8, 4) is 28.0 Å². The number of anilines is 1. The van der Waals surface area contributed by atoms with Gasteiger partial charge in [-0.25, -0.2) is 0 Å². The van der Waals surface area contributed by atoms with Crippen LogP contribution >= 0.6 is 0 Å². The molecule has 1 aromatic heterocycles. The van der Waals surface area contributed by atoms with Crippen LogP contribution in [0.3, 0.4) is 0 Å². The highest BCUT2D eigenvalue weighted by molar-refractivity contribution is 6.01. The predicted molar refractivity (Wildman–Crippen MR) is 147 cm³/mol. The Morgan fingerprint density at radius 3 is 2.29 bits per heavy atom. The molecule has 6 rings (SSSR count). The Balaban J connectivity index is 1.12. The molecule has 0 aliphatic carbocycles. The number of hydrogen-bond acceptors (Lipinski definition) is 4. The number of aromatic amines is 1. The third-order valence-electron chi connectivity index (χ3n) is 8.07. The van der Waals surface area contributed by atoms with Crippen molar-refractivity contribution in [1.29, 1.82) is 0 Å². The molecular formula is C31H30N4O3. The fourth-order valence-electron chi connectivity index (χ4n) is 5.77. The number of nitrogens with one attached hydrogen (secondary N) is 1. The number of amides is 2. The summed E-state index contributed by atoms with van der Waals surface area (Å²) in [6.45, 7) is 1.84. The molecule has 0 unspecified atom stereocenters. The van der Waals surface area contributed by atoms with Crippen LogP contribution in [0.15, 0.2) is 85.2 Å². The maximum Gasteiger partial charge on any atom is 0.253 e.